The van der Waals surface area contributed by atoms with Crippen molar-refractivity contribution >= 4 is 11.1 Å². The van der Waals surface area contributed by atoms with Gasteiger partial charge in [-0.1, -0.05) is 12.1 Å². The van der Waals surface area contributed by atoms with E-state index in [9.17, 15) is 13.2 Å². The van der Waals surface area contributed by atoms with Crippen LogP contribution in [0.3, 0.4) is 0 Å². The van der Waals surface area contributed by atoms with Crippen molar-refractivity contribution in [2.75, 3.05) is 26.3 Å². The minimum absolute atomic E-state index is 0.127. The van der Waals surface area contributed by atoms with E-state index in [1.165, 1.54) is 18.9 Å². The number of hydrogen-bond donors (Lipinski definition) is 0. The maximum Gasteiger partial charge on any atom is 0.420 e. The van der Waals surface area contributed by atoms with Crippen molar-refractivity contribution in [1.82, 2.24) is 24.6 Å². The van der Waals surface area contributed by atoms with Crippen molar-refractivity contribution < 1.29 is 22.3 Å². The molecule has 1 unspecified atom stereocenters. The van der Waals surface area contributed by atoms with Crippen LogP contribution in [-0.4, -0.2) is 51.0 Å². The second-order valence-electron chi connectivity index (χ2n) is 11.7. The first kappa shape index (κ1) is 24.8. The molecule has 39 heavy (non-hydrogen) atoms. The molecule has 2 aromatic carbocycles. The number of hydrogen-bond acceptors (Lipinski definition) is 6. The normalized spacial score (nSPS) is 20.9. The molecule has 10 heteroatoms. The molecule has 1 atom stereocenters. The summed E-state index contributed by atoms with van der Waals surface area (Å²) < 4.78 is 56.1. The highest BCUT2D eigenvalue weighted by molar-refractivity contribution is 5.81. The zero-order chi connectivity index (χ0) is 27.0. The zero-order valence-corrected chi connectivity index (χ0v) is 22.0. The maximum absolute atomic E-state index is 14.2. The fraction of sp³-hybridized carbons (Fsp3) is 0.483. The Hall–Kier alpha value is -3.24. The minimum Gasteiger partial charge on any atom is -0.435 e. The first-order valence-electron chi connectivity index (χ1n) is 13.4. The smallest absolute Gasteiger partial charge is 0.420 e. The molecule has 3 fully saturated rings. The third-order valence-electron chi connectivity index (χ3n) is 9.05. The predicted octanol–water partition coefficient (Wildman–Crippen LogP) is 5.70. The standard InChI is InChI=1S/C29H30F3N5O2/c1-18(37-9-8-27(14-37)6-7-27)20-11-22(29(30,31)32)25-23(12-20)34-26(39-25)19-4-3-5-21(10-19)28(15-38-16-28)13-24-35-33-17-36(24)2/h3-5,10-12,17-18H,6-9,13-16H2,1-2H3. The Balaban J connectivity index is 1.25. The molecule has 0 N–H and O–H groups in total. The quantitative estimate of drug-likeness (QED) is 0.314. The number of fused-ring (bicyclic) bond motifs is 1. The summed E-state index contributed by atoms with van der Waals surface area (Å²) in [5, 5.41) is 8.21. The Morgan fingerprint density at radius 1 is 1.10 bits per heavy atom. The first-order chi connectivity index (χ1) is 18.6. The molecular formula is C29H30F3N5O2. The van der Waals surface area contributed by atoms with Gasteiger partial charge in [0.15, 0.2) is 5.58 Å². The van der Waals surface area contributed by atoms with Crippen molar-refractivity contribution in [3.8, 4) is 11.5 Å². The number of benzene rings is 2. The highest BCUT2D eigenvalue weighted by Gasteiger charge is 2.48. The number of nitrogens with zero attached hydrogens (tertiary/aromatic N) is 5. The van der Waals surface area contributed by atoms with Crippen molar-refractivity contribution in [1.29, 1.82) is 0 Å². The molecule has 3 aliphatic rings. The van der Waals surface area contributed by atoms with Gasteiger partial charge < -0.3 is 13.7 Å². The Bertz CT molecular complexity index is 1550. The van der Waals surface area contributed by atoms with E-state index in [0.717, 1.165) is 30.9 Å². The maximum atomic E-state index is 14.2. The van der Waals surface area contributed by atoms with E-state index in [0.29, 0.717) is 36.2 Å². The van der Waals surface area contributed by atoms with Gasteiger partial charge in [-0.05, 0) is 73.5 Å². The Labute approximate surface area is 224 Å². The van der Waals surface area contributed by atoms with E-state index in [4.69, 9.17) is 9.15 Å². The summed E-state index contributed by atoms with van der Waals surface area (Å²) in [6, 6.07) is 10.5. The number of oxazole rings is 1. The molecule has 1 aliphatic carbocycles. The van der Waals surface area contributed by atoms with Crippen LogP contribution >= 0.6 is 0 Å². The van der Waals surface area contributed by atoms with Gasteiger partial charge in [0, 0.05) is 37.0 Å². The average molecular weight is 538 g/mol. The number of aromatic nitrogens is 4. The SMILES string of the molecule is CC(c1cc(C(F)(F)F)c2oc(-c3cccc(C4(Cc5nncn5C)COC4)c3)nc2c1)N1CCC2(CC2)C1. The largest absolute Gasteiger partial charge is 0.435 e. The zero-order valence-electron chi connectivity index (χ0n) is 22.0. The van der Waals surface area contributed by atoms with Crippen LogP contribution in [0.15, 0.2) is 47.1 Å². The molecule has 4 heterocycles. The number of ether oxygens (including phenoxy) is 1. The number of rotatable bonds is 6. The van der Waals surface area contributed by atoms with Crippen LogP contribution < -0.4 is 0 Å². The Morgan fingerprint density at radius 3 is 2.56 bits per heavy atom. The van der Waals surface area contributed by atoms with Gasteiger partial charge in [-0.15, -0.1) is 10.2 Å². The molecule has 1 saturated carbocycles. The van der Waals surface area contributed by atoms with Crippen LogP contribution in [0, 0.1) is 5.41 Å². The van der Waals surface area contributed by atoms with Gasteiger partial charge in [0.25, 0.3) is 0 Å². The summed E-state index contributed by atoms with van der Waals surface area (Å²) in [7, 11) is 1.90. The van der Waals surface area contributed by atoms with Gasteiger partial charge in [0.2, 0.25) is 5.89 Å². The molecular weight excluding hydrogens is 507 g/mol. The highest BCUT2D eigenvalue weighted by atomic mass is 19.4. The van der Waals surface area contributed by atoms with E-state index >= 15 is 0 Å². The third-order valence-corrected chi connectivity index (χ3v) is 9.05. The van der Waals surface area contributed by atoms with E-state index in [1.54, 1.807) is 12.4 Å². The summed E-state index contributed by atoms with van der Waals surface area (Å²) in [5.41, 5.74) is 1.59. The summed E-state index contributed by atoms with van der Waals surface area (Å²) in [4.78, 5) is 6.88. The molecule has 4 aromatic rings. The van der Waals surface area contributed by atoms with Crippen molar-refractivity contribution in [2.45, 2.75) is 50.2 Å². The first-order valence-corrected chi connectivity index (χ1v) is 13.4. The molecule has 2 aliphatic heterocycles. The summed E-state index contributed by atoms with van der Waals surface area (Å²) in [5.74, 6) is 1.02. The highest BCUT2D eigenvalue weighted by Crippen LogP contribution is 2.54. The number of likely N-dealkylation sites (tertiary alicyclic amines) is 1. The molecule has 0 radical (unpaired) electrons. The molecule has 0 bridgehead atoms. The Morgan fingerprint density at radius 2 is 1.92 bits per heavy atom. The minimum atomic E-state index is -4.56. The fourth-order valence-corrected chi connectivity index (χ4v) is 6.20. The second kappa shape index (κ2) is 8.63. The lowest BCUT2D eigenvalue weighted by atomic mass is 9.75. The van der Waals surface area contributed by atoms with E-state index < -0.39 is 11.7 Å². The molecule has 7 rings (SSSR count). The molecule has 204 valence electrons. The summed E-state index contributed by atoms with van der Waals surface area (Å²) in [6.45, 7) is 4.90. The van der Waals surface area contributed by atoms with Gasteiger partial charge >= 0.3 is 6.18 Å². The van der Waals surface area contributed by atoms with E-state index in [-0.39, 0.29) is 28.4 Å². The van der Waals surface area contributed by atoms with Gasteiger partial charge in [-0.3, -0.25) is 4.90 Å². The topological polar surface area (TPSA) is 69.2 Å². The van der Waals surface area contributed by atoms with Crippen LogP contribution in [0.4, 0.5) is 13.2 Å². The Kier molecular flexibility index (Phi) is 5.48. The monoisotopic (exact) mass is 537 g/mol. The van der Waals surface area contributed by atoms with Crippen LogP contribution in [0.5, 0.6) is 0 Å². The van der Waals surface area contributed by atoms with Gasteiger partial charge in [0.1, 0.15) is 23.2 Å². The molecule has 2 saturated heterocycles. The molecule has 0 amide bonds. The van der Waals surface area contributed by atoms with Crippen LogP contribution in [0.2, 0.25) is 0 Å². The molecule has 7 nitrogen and oxygen atoms in total. The molecule has 2 aromatic heterocycles. The van der Waals surface area contributed by atoms with Crippen LogP contribution in [0.1, 0.15) is 54.7 Å². The molecule has 1 spiro atoms. The van der Waals surface area contributed by atoms with Gasteiger partial charge in [-0.25, -0.2) is 4.98 Å². The summed E-state index contributed by atoms with van der Waals surface area (Å²) >= 11 is 0. The van der Waals surface area contributed by atoms with Crippen molar-refractivity contribution in [3.63, 3.8) is 0 Å². The number of aryl methyl sites for hydroxylation is 1. The van der Waals surface area contributed by atoms with Gasteiger partial charge in [-0.2, -0.15) is 13.2 Å². The van der Waals surface area contributed by atoms with Crippen LogP contribution in [0.25, 0.3) is 22.6 Å². The van der Waals surface area contributed by atoms with Crippen LogP contribution in [-0.2, 0) is 29.8 Å². The van der Waals surface area contributed by atoms with E-state index in [2.05, 4.69) is 20.1 Å². The third kappa shape index (κ3) is 4.24. The number of halogens is 3. The predicted molar refractivity (Wildman–Crippen MR) is 138 cm³/mol. The number of alkyl halides is 3. The lowest BCUT2D eigenvalue weighted by molar-refractivity contribution is -0.136. The van der Waals surface area contributed by atoms with Gasteiger partial charge in [0.05, 0.1) is 13.2 Å². The fourth-order valence-electron chi connectivity index (χ4n) is 6.20. The average Bonchev–Trinajstić information content (AvgIpc) is 3.19. The van der Waals surface area contributed by atoms with E-state index in [1.807, 2.05) is 42.8 Å². The lowest BCUT2D eigenvalue weighted by Crippen LogP contribution is -2.49. The van der Waals surface area contributed by atoms with Crippen molar-refractivity contribution in [2.24, 2.45) is 12.5 Å². The lowest BCUT2D eigenvalue weighted by Gasteiger charge is -2.41. The second-order valence-corrected chi connectivity index (χ2v) is 11.7. The summed E-state index contributed by atoms with van der Waals surface area (Å²) in [6.07, 6.45) is 1.32. The van der Waals surface area contributed by atoms with Crippen molar-refractivity contribution in [3.05, 3.63) is 65.2 Å².